The summed E-state index contributed by atoms with van der Waals surface area (Å²) >= 11 is 0. The summed E-state index contributed by atoms with van der Waals surface area (Å²) < 4.78 is 10.6. The minimum absolute atomic E-state index is 0.143. The number of benzene rings is 1. The number of carbonyl (C=O) groups excluding carboxylic acids is 1. The van der Waals surface area contributed by atoms with Crippen molar-refractivity contribution in [3.63, 3.8) is 0 Å². The van der Waals surface area contributed by atoms with Crippen molar-refractivity contribution in [1.29, 1.82) is 0 Å². The van der Waals surface area contributed by atoms with Crippen molar-refractivity contribution in [2.24, 2.45) is 0 Å². The molecule has 0 fully saturated rings. The van der Waals surface area contributed by atoms with E-state index in [4.69, 9.17) is 9.47 Å². The maximum absolute atomic E-state index is 12.4. The summed E-state index contributed by atoms with van der Waals surface area (Å²) in [5.74, 6) is -1.18. The van der Waals surface area contributed by atoms with E-state index in [1.807, 2.05) is 13.8 Å². The molecule has 0 spiro atoms. The molecule has 1 aliphatic heterocycles. The molecule has 4 heteroatoms. The van der Waals surface area contributed by atoms with Gasteiger partial charge in [-0.3, -0.25) is 4.79 Å². The van der Waals surface area contributed by atoms with Gasteiger partial charge >= 0.3 is 0 Å². The van der Waals surface area contributed by atoms with Crippen LogP contribution in [0.4, 0.5) is 0 Å². The summed E-state index contributed by atoms with van der Waals surface area (Å²) in [4.78, 5) is 12.4. The highest BCUT2D eigenvalue weighted by molar-refractivity contribution is 6.08. The van der Waals surface area contributed by atoms with Crippen LogP contribution in [0.5, 0.6) is 11.5 Å². The molecule has 0 radical (unpaired) electrons. The lowest BCUT2D eigenvalue weighted by Gasteiger charge is -2.18. The van der Waals surface area contributed by atoms with Gasteiger partial charge in [0.1, 0.15) is 11.5 Å². The summed E-state index contributed by atoms with van der Waals surface area (Å²) in [5, 5.41) is 10.4. The molecule has 0 amide bonds. The van der Waals surface area contributed by atoms with Crippen molar-refractivity contribution >= 4 is 5.78 Å². The number of carbonyl (C=O) groups is 1. The number of ether oxygens (including phenoxy) is 2. The molecule has 1 aliphatic rings. The van der Waals surface area contributed by atoms with E-state index < -0.39 is 11.6 Å². The van der Waals surface area contributed by atoms with Crippen LogP contribution in [0, 0.1) is 6.92 Å². The van der Waals surface area contributed by atoms with Crippen LogP contribution in [0.2, 0.25) is 0 Å². The number of ketones is 1. The minimum atomic E-state index is -1.79. The molecule has 0 saturated carbocycles. The predicted molar refractivity (Wildman–Crippen MR) is 71.7 cm³/mol. The topological polar surface area (TPSA) is 55.8 Å². The number of allylic oxidation sites excluding steroid dienone is 1. The molecule has 0 bridgehead atoms. The van der Waals surface area contributed by atoms with Crippen LogP contribution in [-0.2, 0) is 0 Å². The highest BCUT2D eigenvalue weighted by atomic mass is 16.6. The lowest BCUT2D eigenvalue weighted by Crippen LogP contribution is -2.39. The smallest absolute Gasteiger partial charge is 0.276 e. The molecule has 4 nitrogen and oxygen atoms in total. The molecule has 1 N–H and O–H groups in total. The molecule has 1 aromatic carbocycles. The monoisotopic (exact) mass is 262 g/mol. The van der Waals surface area contributed by atoms with Gasteiger partial charge in [-0.05, 0) is 32.9 Å². The van der Waals surface area contributed by atoms with Crippen molar-refractivity contribution in [3.05, 3.63) is 34.9 Å². The van der Waals surface area contributed by atoms with E-state index in [1.54, 1.807) is 32.2 Å². The molecular formula is C15H18O4. The molecule has 0 aromatic heterocycles. The first-order valence-corrected chi connectivity index (χ1v) is 6.16. The van der Waals surface area contributed by atoms with Gasteiger partial charge in [-0.2, -0.15) is 0 Å². The van der Waals surface area contributed by atoms with E-state index in [0.717, 1.165) is 5.57 Å². The summed E-state index contributed by atoms with van der Waals surface area (Å²) in [7, 11) is 1.55. The summed E-state index contributed by atoms with van der Waals surface area (Å²) in [5.41, 5.74) is 2.12. The number of methoxy groups -OCH3 is 1. The fourth-order valence-corrected chi connectivity index (χ4v) is 2.16. The lowest BCUT2D eigenvalue weighted by molar-refractivity contribution is -0.0870. The Morgan fingerprint density at radius 1 is 1.47 bits per heavy atom. The Balaban J connectivity index is 2.42. The number of fused-ring (bicyclic) bond motifs is 1. The second kappa shape index (κ2) is 4.70. The summed E-state index contributed by atoms with van der Waals surface area (Å²) in [6, 6.07) is 3.38. The van der Waals surface area contributed by atoms with Gasteiger partial charge in [-0.15, -0.1) is 0 Å². The van der Waals surface area contributed by atoms with Gasteiger partial charge in [-0.25, -0.2) is 0 Å². The molecule has 0 aliphatic carbocycles. The number of Topliss-reactive ketones (excluding diaryl/α,β-unsaturated/α-hetero) is 1. The van der Waals surface area contributed by atoms with Gasteiger partial charge in [0.25, 0.3) is 5.79 Å². The average molecular weight is 262 g/mol. The van der Waals surface area contributed by atoms with Gasteiger partial charge in [0, 0.05) is 12.0 Å². The maximum atomic E-state index is 12.4. The second-order valence-corrected chi connectivity index (χ2v) is 4.97. The Hall–Kier alpha value is -1.81. The van der Waals surface area contributed by atoms with Gasteiger partial charge in [0.15, 0.2) is 0 Å². The molecule has 1 aromatic rings. The van der Waals surface area contributed by atoms with Crippen LogP contribution in [0.15, 0.2) is 23.8 Å². The average Bonchev–Trinajstić information content (AvgIpc) is 2.61. The van der Waals surface area contributed by atoms with Gasteiger partial charge in [0.05, 0.1) is 12.7 Å². The van der Waals surface area contributed by atoms with Crippen molar-refractivity contribution in [1.82, 2.24) is 0 Å². The SMILES string of the molecule is COc1ccc2c(c1C)C(=O)C(O)(CC=C(C)C)O2. The largest absolute Gasteiger partial charge is 0.496 e. The number of rotatable bonds is 3. The standard InChI is InChI=1S/C15H18O4/c1-9(2)7-8-15(17)14(16)13-10(3)11(18-4)5-6-12(13)19-15/h5-7,17H,8H2,1-4H3. The normalized spacial score (nSPS) is 20.8. The highest BCUT2D eigenvalue weighted by Gasteiger charge is 2.47. The third-order valence-electron chi connectivity index (χ3n) is 3.24. The Morgan fingerprint density at radius 2 is 2.16 bits per heavy atom. The fraction of sp³-hybridized carbons (Fsp3) is 0.400. The van der Waals surface area contributed by atoms with E-state index in [2.05, 4.69) is 0 Å². The van der Waals surface area contributed by atoms with E-state index in [-0.39, 0.29) is 6.42 Å². The molecule has 0 saturated heterocycles. The first-order valence-electron chi connectivity index (χ1n) is 6.16. The van der Waals surface area contributed by atoms with E-state index in [0.29, 0.717) is 22.6 Å². The lowest BCUT2D eigenvalue weighted by atomic mass is 9.98. The summed E-state index contributed by atoms with van der Waals surface area (Å²) in [6.45, 7) is 5.60. The zero-order valence-corrected chi connectivity index (χ0v) is 11.6. The van der Waals surface area contributed by atoms with Crippen molar-refractivity contribution < 1.29 is 19.4 Å². The number of aliphatic hydroxyl groups is 1. The first kappa shape index (κ1) is 13.6. The second-order valence-electron chi connectivity index (χ2n) is 4.97. The molecule has 19 heavy (non-hydrogen) atoms. The Kier molecular flexibility index (Phi) is 3.37. The Morgan fingerprint density at radius 3 is 2.74 bits per heavy atom. The molecule has 2 rings (SSSR count). The van der Waals surface area contributed by atoms with Crippen molar-refractivity contribution in [2.75, 3.05) is 7.11 Å². The molecule has 1 heterocycles. The van der Waals surface area contributed by atoms with Crippen LogP contribution < -0.4 is 9.47 Å². The van der Waals surface area contributed by atoms with Gasteiger partial charge in [-0.1, -0.05) is 11.6 Å². The van der Waals surface area contributed by atoms with Crippen molar-refractivity contribution in [3.8, 4) is 11.5 Å². The van der Waals surface area contributed by atoms with Crippen LogP contribution in [0.1, 0.15) is 36.2 Å². The maximum Gasteiger partial charge on any atom is 0.276 e. The third-order valence-corrected chi connectivity index (χ3v) is 3.24. The van der Waals surface area contributed by atoms with Gasteiger partial charge in [0.2, 0.25) is 5.78 Å². The van der Waals surface area contributed by atoms with E-state index in [1.165, 1.54) is 0 Å². The van der Waals surface area contributed by atoms with Gasteiger partial charge < -0.3 is 14.6 Å². The van der Waals surface area contributed by atoms with E-state index >= 15 is 0 Å². The van der Waals surface area contributed by atoms with E-state index in [9.17, 15) is 9.90 Å². The van der Waals surface area contributed by atoms with Crippen LogP contribution in [0.25, 0.3) is 0 Å². The third kappa shape index (κ3) is 2.24. The van der Waals surface area contributed by atoms with Crippen molar-refractivity contribution in [2.45, 2.75) is 33.0 Å². The van der Waals surface area contributed by atoms with Crippen LogP contribution >= 0.6 is 0 Å². The molecule has 1 atom stereocenters. The Bertz CT molecular complexity index is 556. The zero-order valence-electron chi connectivity index (χ0n) is 11.6. The number of hydrogen-bond donors (Lipinski definition) is 1. The molecular weight excluding hydrogens is 244 g/mol. The van der Waals surface area contributed by atoms with Crippen LogP contribution in [0.3, 0.4) is 0 Å². The quantitative estimate of drug-likeness (QED) is 0.851. The Labute approximate surface area is 112 Å². The number of hydrogen-bond acceptors (Lipinski definition) is 4. The first-order chi connectivity index (χ1) is 8.89. The predicted octanol–water partition coefficient (Wildman–Crippen LogP) is 2.62. The minimum Gasteiger partial charge on any atom is -0.496 e. The zero-order chi connectivity index (χ0) is 14.2. The molecule has 1 unspecified atom stereocenters. The van der Waals surface area contributed by atoms with Crippen LogP contribution in [-0.4, -0.2) is 23.8 Å². The molecule has 102 valence electrons. The highest BCUT2D eigenvalue weighted by Crippen LogP contribution is 2.40. The fourth-order valence-electron chi connectivity index (χ4n) is 2.16. The summed E-state index contributed by atoms with van der Waals surface area (Å²) in [6.07, 6.45) is 1.93.